The largest absolute Gasteiger partial charge is 0.381 e. The molecule has 0 aromatic heterocycles. The molecule has 0 heterocycles. The molecule has 2 rings (SSSR count). The fourth-order valence-electron chi connectivity index (χ4n) is 1.57. The van der Waals surface area contributed by atoms with Crippen molar-refractivity contribution in [2.24, 2.45) is 0 Å². The van der Waals surface area contributed by atoms with Gasteiger partial charge in [0.1, 0.15) is 0 Å². The van der Waals surface area contributed by atoms with Crippen LogP contribution in [0.25, 0.3) is 0 Å². The Hall–Kier alpha value is -0.640. The van der Waals surface area contributed by atoms with Crippen LogP contribution >= 0.6 is 39.3 Å². The van der Waals surface area contributed by atoms with Crippen molar-refractivity contribution >= 4 is 45.0 Å². The molecule has 0 unspecified atom stereocenters. The average molecular weight is 343 g/mol. The first-order chi connectivity index (χ1) is 8.69. The Labute approximate surface area is 125 Å². The lowest BCUT2D eigenvalue weighted by Gasteiger charge is -2.09. The third-order valence-electron chi connectivity index (χ3n) is 2.59. The molecule has 18 heavy (non-hydrogen) atoms. The first kappa shape index (κ1) is 13.8. The summed E-state index contributed by atoms with van der Waals surface area (Å²) < 4.78 is 1.00. The third kappa shape index (κ3) is 3.67. The van der Waals surface area contributed by atoms with Crippen LogP contribution in [0.1, 0.15) is 5.56 Å². The number of halogens is 2. The zero-order chi connectivity index (χ0) is 13.0. The minimum absolute atomic E-state index is 0.727. The summed E-state index contributed by atoms with van der Waals surface area (Å²) in [6.45, 7) is 0.727. The van der Waals surface area contributed by atoms with Crippen LogP contribution in [0.3, 0.4) is 0 Å². The minimum Gasteiger partial charge on any atom is -0.381 e. The fraction of sp³-hybridized carbons (Fsp3) is 0.143. The van der Waals surface area contributed by atoms with Crippen LogP contribution in [0.5, 0.6) is 0 Å². The maximum absolute atomic E-state index is 6.17. The maximum Gasteiger partial charge on any atom is 0.0467 e. The van der Waals surface area contributed by atoms with Crippen LogP contribution in [0.15, 0.2) is 51.8 Å². The molecule has 0 aliphatic heterocycles. The number of nitrogens with one attached hydrogen (secondary N) is 1. The van der Waals surface area contributed by atoms with Gasteiger partial charge in [0, 0.05) is 26.6 Å². The lowest BCUT2D eigenvalue weighted by Crippen LogP contribution is -1.99. The summed E-state index contributed by atoms with van der Waals surface area (Å²) in [5.74, 6) is 0. The number of anilines is 1. The maximum atomic E-state index is 6.17. The molecule has 0 atom stereocenters. The molecule has 0 aliphatic rings. The van der Waals surface area contributed by atoms with Gasteiger partial charge in [0.05, 0.1) is 0 Å². The first-order valence-electron chi connectivity index (χ1n) is 5.51. The number of thioether (sulfide) groups is 1. The van der Waals surface area contributed by atoms with E-state index in [2.05, 4.69) is 51.8 Å². The smallest absolute Gasteiger partial charge is 0.0467 e. The van der Waals surface area contributed by atoms with Crippen molar-refractivity contribution in [3.63, 3.8) is 0 Å². The van der Waals surface area contributed by atoms with Crippen molar-refractivity contribution in [1.82, 2.24) is 0 Å². The van der Waals surface area contributed by atoms with Crippen LogP contribution in [0.2, 0.25) is 5.02 Å². The van der Waals surface area contributed by atoms with Gasteiger partial charge >= 0.3 is 0 Å². The molecular weight excluding hydrogens is 330 g/mol. The van der Waals surface area contributed by atoms with Crippen molar-refractivity contribution in [1.29, 1.82) is 0 Å². The second kappa shape index (κ2) is 6.50. The van der Waals surface area contributed by atoms with Gasteiger partial charge < -0.3 is 5.32 Å². The monoisotopic (exact) mass is 341 g/mol. The molecule has 0 bridgehead atoms. The predicted octanol–water partition coefficient (Wildman–Crippen LogP) is 5.44. The zero-order valence-corrected chi connectivity index (χ0v) is 13.1. The first-order valence-corrected chi connectivity index (χ1v) is 7.90. The molecule has 2 aromatic rings. The Morgan fingerprint density at radius 2 is 1.89 bits per heavy atom. The lowest BCUT2D eigenvalue weighted by atomic mass is 10.2. The highest BCUT2D eigenvalue weighted by molar-refractivity contribution is 9.10. The molecule has 0 radical (unpaired) electrons. The number of benzene rings is 2. The van der Waals surface area contributed by atoms with Gasteiger partial charge in [0.25, 0.3) is 0 Å². The third-order valence-corrected chi connectivity index (χ3v) is 4.18. The van der Waals surface area contributed by atoms with Gasteiger partial charge in [0.2, 0.25) is 0 Å². The van der Waals surface area contributed by atoms with Crippen LogP contribution in [0, 0.1) is 0 Å². The van der Waals surface area contributed by atoms with E-state index in [4.69, 9.17) is 11.6 Å². The van der Waals surface area contributed by atoms with E-state index in [9.17, 15) is 0 Å². The highest BCUT2D eigenvalue weighted by Gasteiger charge is 2.01. The van der Waals surface area contributed by atoms with Crippen molar-refractivity contribution in [3.05, 3.63) is 57.5 Å². The molecule has 0 aliphatic carbocycles. The van der Waals surface area contributed by atoms with Crippen molar-refractivity contribution in [2.75, 3.05) is 11.6 Å². The van der Waals surface area contributed by atoms with E-state index < -0.39 is 0 Å². The normalized spacial score (nSPS) is 10.4. The van der Waals surface area contributed by atoms with E-state index in [0.29, 0.717) is 0 Å². The molecule has 94 valence electrons. The Kier molecular flexibility index (Phi) is 4.98. The van der Waals surface area contributed by atoms with E-state index >= 15 is 0 Å². The Morgan fingerprint density at radius 1 is 1.17 bits per heavy atom. The Balaban J connectivity index is 2.02. The van der Waals surface area contributed by atoms with E-state index in [1.807, 2.05) is 18.2 Å². The summed E-state index contributed by atoms with van der Waals surface area (Å²) in [5.41, 5.74) is 2.19. The summed E-state index contributed by atoms with van der Waals surface area (Å²) in [6, 6.07) is 14.3. The van der Waals surface area contributed by atoms with Crippen LogP contribution in [-0.2, 0) is 6.54 Å². The van der Waals surface area contributed by atoms with Gasteiger partial charge in [-0.25, -0.2) is 0 Å². The predicted molar refractivity (Wildman–Crippen MR) is 84.7 cm³/mol. The Morgan fingerprint density at radius 3 is 2.50 bits per heavy atom. The second-order valence-corrected chi connectivity index (χ2v) is 6.02. The summed E-state index contributed by atoms with van der Waals surface area (Å²) in [7, 11) is 0. The van der Waals surface area contributed by atoms with E-state index in [1.165, 1.54) is 4.90 Å². The topological polar surface area (TPSA) is 12.0 Å². The Bertz CT molecular complexity index is 528. The van der Waals surface area contributed by atoms with Gasteiger partial charge in [-0.3, -0.25) is 0 Å². The zero-order valence-electron chi connectivity index (χ0n) is 9.91. The molecule has 0 fully saturated rings. The number of hydrogen-bond acceptors (Lipinski definition) is 2. The van der Waals surface area contributed by atoms with Gasteiger partial charge in [-0.2, -0.15) is 0 Å². The molecular formula is C14H13BrClNS. The molecule has 1 nitrogen and oxygen atoms in total. The lowest BCUT2D eigenvalue weighted by molar-refractivity contribution is 1.15. The molecule has 2 aromatic carbocycles. The van der Waals surface area contributed by atoms with Crippen LogP contribution < -0.4 is 5.32 Å². The molecule has 0 spiro atoms. The number of rotatable bonds is 4. The van der Waals surface area contributed by atoms with Gasteiger partial charge in [-0.05, 0) is 48.2 Å². The van der Waals surface area contributed by atoms with Gasteiger partial charge in [-0.15, -0.1) is 11.8 Å². The quantitative estimate of drug-likeness (QED) is 0.743. The van der Waals surface area contributed by atoms with Crippen LogP contribution in [-0.4, -0.2) is 6.26 Å². The van der Waals surface area contributed by atoms with Gasteiger partial charge in [0.15, 0.2) is 0 Å². The van der Waals surface area contributed by atoms with E-state index in [1.54, 1.807) is 11.8 Å². The summed E-state index contributed by atoms with van der Waals surface area (Å²) in [4.78, 5) is 1.27. The highest BCUT2D eigenvalue weighted by atomic mass is 79.9. The SMILES string of the molecule is CSc1ccc(NCc2ccc(Br)cc2Cl)cc1. The van der Waals surface area contributed by atoms with E-state index in [0.717, 1.165) is 27.3 Å². The van der Waals surface area contributed by atoms with Gasteiger partial charge in [-0.1, -0.05) is 33.6 Å². The summed E-state index contributed by atoms with van der Waals surface area (Å²) in [6.07, 6.45) is 2.07. The second-order valence-electron chi connectivity index (χ2n) is 3.82. The van der Waals surface area contributed by atoms with Crippen LogP contribution in [0.4, 0.5) is 5.69 Å². The molecule has 0 amide bonds. The van der Waals surface area contributed by atoms with Crippen molar-refractivity contribution in [3.8, 4) is 0 Å². The standard InChI is InChI=1S/C14H13BrClNS/c1-18-13-6-4-12(5-7-13)17-9-10-2-3-11(15)8-14(10)16/h2-8,17H,9H2,1H3. The van der Waals surface area contributed by atoms with E-state index in [-0.39, 0.29) is 0 Å². The van der Waals surface area contributed by atoms with Crippen molar-refractivity contribution < 1.29 is 0 Å². The highest BCUT2D eigenvalue weighted by Crippen LogP contribution is 2.23. The minimum atomic E-state index is 0.727. The molecule has 4 heteroatoms. The molecule has 1 N–H and O–H groups in total. The summed E-state index contributed by atoms with van der Waals surface area (Å²) >= 11 is 11.3. The fourth-order valence-corrected chi connectivity index (χ4v) is 2.72. The average Bonchev–Trinajstić information content (AvgIpc) is 2.38. The summed E-state index contributed by atoms with van der Waals surface area (Å²) in [5, 5.41) is 4.14. The number of hydrogen-bond donors (Lipinski definition) is 1. The van der Waals surface area contributed by atoms with Crippen molar-refractivity contribution in [2.45, 2.75) is 11.4 Å². The molecule has 0 saturated carbocycles. The molecule has 0 saturated heterocycles.